The fourth-order valence-corrected chi connectivity index (χ4v) is 2.51. The van der Waals surface area contributed by atoms with Crippen LogP contribution in [0.1, 0.15) is 0 Å². The van der Waals surface area contributed by atoms with E-state index in [1.165, 1.54) is 5.69 Å². The van der Waals surface area contributed by atoms with E-state index in [0.717, 1.165) is 31.3 Å². The predicted molar refractivity (Wildman–Crippen MR) is 76.5 cm³/mol. The third-order valence-electron chi connectivity index (χ3n) is 3.00. The minimum atomic E-state index is 0.286. The molecule has 0 saturated carbocycles. The monoisotopic (exact) mass is 267 g/mol. The molecule has 100 valence electrons. The molecular weight excluding hydrogens is 246 g/mol. The van der Waals surface area contributed by atoms with Crippen LogP contribution in [0.2, 0.25) is 0 Å². The summed E-state index contributed by atoms with van der Waals surface area (Å²) < 4.78 is 5.78. The van der Waals surface area contributed by atoms with Crippen LogP contribution >= 0.6 is 11.8 Å². The number of thioether (sulfide) groups is 1. The molecule has 1 atom stereocenters. The number of likely N-dealkylation sites (N-methyl/N-ethyl adjacent to an activating group) is 1. The summed E-state index contributed by atoms with van der Waals surface area (Å²) in [6, 6.07) is 4.23. The lowest BCUT2D eigenvalue weighted by atomic mass is 10.2. The molecule has 0 bridgehead atoms. The van der Waals surface area contributed by atoms with Crippen molar-refractivity contribution in [3.63, 3.8) is 0 Å². The van der Waals surface area contributed by atoms with Gasteiger partial charge in [0.2, 0.25) is 0 Å². The molecule has 0 N–H and O–H groups in total. The smallest absolute Gasteiger partial charge is 0.0958 e. The Bertz CT molecular complexity index is 369. The van der Waals surface area contributed by atoms with Crippen molar-refractivity contribution in [2.24, 2.45) is 0 Å². The Morgan fingerprint density at radius 3 is 2.94 bits per heavy atom. The largest absolute Gasteiger partial charge is 0.373 e. The van der Waals surface area contributed by atoms with Gasteiger partial charge in [0.05, 0.1) is 29.6 Å². The summed E-state index contributed by atoms with van der Waals surface area (Å²) in [5.41, 5.74) is 1.19. The third-order valence-corrected chi connectivity index (χ3v) is 3.66. The summed E-state index contributed by atoms with van der Waals surface area (Å²) in [6.07, 6.45) is 4.29. The molecule has 1 saturated heterocycles. The standard InChI is InChI=1S/C13H21N3OS/c1-15(2)9-12-10-16(6-7-17-12)11-4-5-13(18-3)14-8-11/h4-5,8,12H,6-7,9-10H2,1-3H3/t12-/m1/s1. The molecule has 2 rings (SSSR count). The number of nitrogens with zero attached hydrogens (tertiary/aromatic N) is 3. The molecule has 0 amide bonds. The van der Waals surface area contributed by atoms with Crippen LogP contribution in [0.5, 0.6) is 0 Å². The van der Waals surface area contributed by atoms with Gasteiger partial charge in [0.1, 0.15) is 0 Å². The van der Waals surface area contributed by atoms with Crippen molar-refractivity contribution in [1.82, 2.24) is 9.88 Å². The SMILES string of the molecule is CSc1ccc(N2CCO[C@H](CN(C)C)C2)cn1. The van der Waals surface area contributed by atoms with Crippen LogP contribution in [0, 0.1) is 0 Å². The second-order valence-corrected chi connectivity index (χ2v) is 5.59. The Balaban J connectivity index is 1.98. The number of hydrogen-bond donors (Lipinski definition) is 0. The van der Waals surface area contributed by atoms with Crippen molar-refractivity contribution in [2.75, 3.05) is 51.5 Å². The highest BCUT2D eigenvalue weighted by Gasteiger charge is 2.21. The number of aromatic nitrogens is 1. The molecule has 0 aliphatic carbocycles. The highest BCUT2D eigenvalue weighted by molar-refractivity contribution is 7.98. The molecule has 18 heavy (non-hydrogen) atoms. The quantitative estimate of drug-likeness (QED) is 0.772. The molecule has 0 unspecified atom stereocenters. The molecule has 1 aliphatic rings. The second kappa shape index (κ2) is 6.41. The zero-order valence-electron chi connectivity index (χ0n) is 11.3. The number of morpholine rings is 1. The van der Waals surface area contributed by atoms with Gasteiger partial charge in [0, 0.05) is 19.6 Å². The summed E-state index contributed by atoms with van der Waals surface area (Å²) in [6.45, 7) is 3.65. The van der Waals surface area contributed by atoms with E-state index in [0.29, 0.717) is 0 Å². The first-order valence-electron chi connectivity index (χ1n) is 6.20. The lowest BCUT2D eigenvalue weighted by Gasteiger charge is -2.35. The Labute approximate surface area is 113 Å². The highest BCUT2D eigenvalue weighted by Crippen LogP contribution is 2.20. The summed E-state index contributed by atoms with van der Waals surface area (Å²) in [5.74, 6) is 0. The van der Waals surface area contributed by atoms with E-state index in [4.69, 9.17) is 4.74 Å². The second-order valence-electron chi connectivity index (χ2n) is 4.76. The highest BCUT2D eigenvalue weighted by atomic mass is 32.2. The van der Waals surface area contributed by atoms with Gasteiger partial charge in [-0.1, -0.05) is 0 Å². The van der Waals surface area contributed by atoms with Gasteiger partial charge < -0.3 is 14.5 Å². The van der Waals surface area contributed by atoms with E-state index in [2.05, 4.69) is 41.0 Å². The lowest BCUT2D eigenvalue weighted by Crippen LogP contribution is -2.46. The average Bonchev–Trinajstić information content (AvgIpc) is 2.38. The molecule has 1 fully saturated rings. The Kier molecular flexibility index (Phi) is 4.86. The van der Waals surface area contributed by atoms with Crippen molar-refractivity contribution >= 4 is 17.4 Å². The van der Waals surface area contributed by atoms with Gasteiger partial charge in [0.15, 0.2) is 0 Å². The van der Waals surface area contributed by atoms with Crippen molar-refractivity contribution < 1.29 is 4.74 Å². The van der Waals surface area contributed by atoms with Gasteiger partial charge in [-0.25, -0.2) is 4.98 Å². The lowest BCUT2D eigenvalue weighted by molar-refractivity contribution is 0.0247. The van der Waals surface area contributed by atoms with Crippen LogP contribution in [0.25, 0.3) is 0 Å². The summed E-state index contributed by atoms with van der Waals surface area (Å²) in [4.78, 5) is 8.95. The maximum atomic E-state index is 5.78. The fourth-order valence-electron chi connectivity index (χ4n) is 2.15. The van der Waals surface area contributed by atoms with Gasteiger partial charge >= 0.3 is 0 Å². The molecule has 2 heterocycles. The van der Waals surface area contributed by atoms with Crippen molar-refractivity contribution in [3.8, 4) is 0 Å². The van der Waals surface area contributed by atoms with Gasteiger partial charge in [-0.05, 0) is 32.5 Å². The molecule has 0 aromatic carbocycles. The number of anilines is 1. The first-order valence-corrected chi connectivity index (χ1v) is 7.43. The zero-order chi connectivity index (χ0) is 13.0. The van der Waals surface area contributed by atoms with Gasteiger partial charge in [-0.2, -0.15) is 0 Å². The van der Waals surface area contributed by atoms with Crippen LogP contribution in [-0.4, -0.2) is 62.6 Å². The number of rotatable bonds is 4. The topological polar surface area (TPSA) is 28.6 Å². The van der Waals surface area contributed by atoms with E-state index in [9.17, 15) is 0 Å². The first-order chi connectivity index (χ1) is 8.69. The summed E-state index contributed by atoms with van der Waals surface area (Å²) in [7, 11) is 4.16. The van der Waals surface area contributed by atoms with Gasteiger partial charge in [-0.3, -0.25) is 0 Å². The van der Waals surface area contributed by atoms with Crippen LogP contribution in [-0.2, 0) is 4.74 Å². The fraction of sp³-hybridized carbons (Fsp3) is 0.615. The number of pyridine rings is 1. The van der Waals surface area contributed by atoms with E-state index >= 15 is 0 Å². The minimum Gasteiger partial charge on any atom is -0.373 e. The Morgan fingerprint density at radius 1 is 1.50 bits per heavy atom. The third kappa shape index (κ3) is 3.60. The van der Waals surface area contributed by atoms with Crippen LogP contribution in [0.4, 0.5) is 5.69 Å². The number of hydrogen-bond acceptors (Lipinski definition) is 5. The van der Waals surface area contributed by atoms with E-state index in [-0.39, 0.29) is 6.10 Å². The maximum Gasteiger partial charge on any atom is 0.0958 e. The molecule has 0 spiro atoms. The van der Waals surface area contributed by atoms with Crippen LogP contribution in [0.3, 0.4) is 0 Å². The molecule has 0 radical (unpaired) electrons. The molecule has 1 aromatic heterocycles. The molecule has 1 aromatic rings. The summed E-state index contributed by atoms with van der Waals surface area (Å²) >= 11 is 1.67. The van der Waals surface area contributed by atoms with Crippen molar-refractivity contribution in [2.45, 2.75) is 11.1 Å². The summed E-state index contributed by atoms with van der Waals surface area (Å²) in [5, 5.41) is 1.07. The Hall–Kier alpha value is -0.780. The van der Waals surface area contributed by atoms with E-state index in [1.807, 2.05) is 12.5 Å². The minimum absolute atomic E-state index is 0.286. The Morgan fingerprint density at radius 2 is 2.33 bits per heavy atom. The average molecular weight is 267 g/mol. The molecule has 4 nitrogen and oxygen atoms in total. The predicted octanol–water partition coefficient (Wildman–Crippen LogP) is 1.57. The van der Waals surface area contributed by atoms with E-state index < -0.39 is 0 Å². The molecule has 1 aliphatic heterocycles. The normalized spacial score (nSPS) is 20.4. The van der Waals surface area contributed by atoms with E-state index in [1.54, 1.807) is 11.8 Å². The first kappa shape index (κ1) is 13.6. The van der Waals surface area contributed by atoms with Crippen molar-refractivity contribution in [1.29, 1.82) is 0 Å². The van der Waals surface area contributed by atoms with Gasteiger partial charge in [-0.15, -0.1) is 11.8 Å². The van der Waals surface area contributed by atoms with Crippen molar-refractivity contribution in [3.05, 3.63) is 18.3 Å². The van der Waals surface area contributed by atoms with Gasteiger partial charge in [0.25, 0.3) is 0 Å². The molecular formula is C13H21N3OS. The van der Waals surface area contributed by atoms with Crippen LogP contribution < -0.4 is 4.90 Å². The molecule has 5 heteroatoms. The zero-order valence-corrected chi connectivity index (χ0v) is 12.1. The maximum absolute atomic E-state index is 5.78. The number of ether oxygens (including phenoxy) is 1. The van der Waals surface area contributed by atoms with Crippen LogP contribution in [0.15, 0.2) is 23.4 Å².